The van der Waals surface area contributed by atoms with E-state index in [1.165, 1.54) is 56.9 Å². The van der Waals surface area contributed by atoms with Crippen LogP contribution in [0.5, 0.6) is 11.5 Å². The van der Waals surface area contributed by atoms with E-state index in [2.05, 4.69) is 48.1 Å². The van der Waals surface area contributed by atoms with Gasteiger partial charge in [-0.05, 0) is 81.8 Å². The highest BCUT2D eigenvalue weighted by molar-refractivity contribution is 5.59. The van der Waals surface area contributed by atoms with Gasteiger partial charge in [-0.2, -0.15) is 0 Å². The minimum absolute atomic E-state index is 0.0999. The Bertz CT molecular complexity index is 763. The number of ether oxygens (including phenoxy) is 1. The highest BCUT2D eigenvalue weighted by Crippen LogP contribution is 2.45. The maximum atomic E-state index is 10.7. The second-order valence-electron chi connectivity index (χ2n) is 11.8. The van der Waals surface area contributed by atoms with Crippen molar-refractivity contribution in [1.82, 2.24) is 0 Å². The van der Waals surface area contributed by atoms with Crippen LogP contribution in [0.1, 0.15) is 121 Å². The molecule has 33 heavy (non-hydrogen) atoms. The number of aromatic hydroxyl groups is 1. The van der Waals surface area contributed by atoms with Crippen LogP contribution in [0, 0.1) is 31.6 Å². The lowest BCUT2D eigenvalue weighted by atomic mass is 9.83. The number of hydrogen-bond acceptors (Lipinski definition) is 2. The lowest BCUT2D eigenvalue weighted by Crippen LogP contribution is -2.37. The summed E-state index contributed by atoms with van der Waals surface area (Å²) in [5.74, 6) is 3.97. The van der Waals surface area contributed by atoms with E-state index in [0.29, 0.717) is 12.2 Å². The number of hydrogen-bond donors (Lipinski definition) is 1. The fraction of sp³-hybridized carbons (Fsp3) is 0.742. The lowest BCUT2D eigenvalue weighted by Gasteiger charge is -2.38. The standard InChI is InChI=1S/C31H52O2/c1-9-13-27-28-19-21-31(8,33-30(28)26(7)25(6)29(27)32)20-12-18-24(5)17-11-16-23(4)15-10-14-22(2)3/h9,22-24,32H,1,10-21H2,2-8H3. The molecular formula is C31H52O2. The van der Waals surface area contributed by atoms with Gasteiger partial charge in [0.05, 0.1) is 0 Å². The summed E-state index contributed by atoms with van der Waals surface area (Å²) in [6.07, 6.45) is 16.5. The zero-order valence-electron chi connectivity index (χ0n) is 22.9. The zero-order valence-corrected chi connectivity index (χ0v) is 22.9. The first-order valence-corrected chi connectivity index (χ1v) is 13.7. The molecular weight excluding hydrogens is 404 g/mol. The molecule has 1 heterocycles. The largest absolute Gasteiger partial charge is 0.507 e. The van der Waals surface area contributed by atoms with E-state index in [-0.39, 0.29) is 5.60 Å². The normalized spacial score (nSPS) is 19.8. The molecule has 0 aliphatic carbocycles. The van der Waals surface area contributed by atoms with Crippen LogP contribution in [0.25, 0.3) is 0 Å². The molecule has 1 aliphatic rings. The van der Waals surface area contributed by atoms with Crippen molar-refractivity contribution in [2.75, 3.05) is 0 Å². The van der Waals surface area contributed by atoms with Crippen LogP contribution >= 0.6 is 0 Å². The summed E-state index contributed by atoms with van der Waals surface area (Å²) < 4.78 is 6.68. The van der Waals surface area contributed by atoms with Gasteiger partial charge < -0.3 is 9.84 Å². The third-order valence-corrected chi connectivity index (χ3v) is 8.06. The van der Waals surface area contributed by atoms with Gasteiger partial charge in [0.15, 0.2) is 0 Å². The van der Waals surface area contributed by atoms with Gasteiger partial charge in [-0.3, -0.25) is 0 Å². The van der Waals surface area contributed by atoms with Crippen LogP contribution < -0.4 is 4.74 Å². The number of phenols is 1. The molecule has 0 radical (unpaired) electrons. The Morgan fingerprint density at radius 1 is 0.939 bits per heavy atom. The Hall–Kier alpha value is -1.44. The van der Waals surface area contributed by atoms with Crippen molar-refractivity contribution in [1.29, 1.82) is 0 Å². The van der Waals surface area contributed by atoms with Crippen molar-refractivity contribution < 1.29 is 9.84 Å². The summed E-state index contributed by atoms with van der Waals surface area (Å²) in [4.78, 5) is 0. The molecule has 3 unspecified atom stereocenters. The second kappa shape index (κ2) is 12.9. The molecule has 0 bridgehead atoms. The molecule has 0 saturated heterocycles. The first kappa shape index (κ1) is 27.8. The van der Waals surface area contributed by atoms with E-state index in [4.69, 9.17) is 4.74 Å². The average molecular weight is 457 g/mol. The van der Waals surface area contributed by atoms with E-state index < -0.39 is 0 Å². The second-order valence-corrected chi connectivity index (χ2v) is 11.8. The summed E-state index contributed by atoms with van der Waals surface area (Å²) >= 11 is 0. The number of allylic oxidation sites excluding steroid dienone is 1. The Kier molecular flexibility index (Phi) is 10.8. The molecule has 0 fully saturated rings. The maximum Gasteiger partial charge on any atom is 0.127 e. The molecule has 0 saturated carbocycles. The van der Waals surface area contributed by atoms with E-state index in [0.717, 1.165) is 59.5 Å². The van der Waals surface area contributed by atoms with Gasteiger partial charge in [-0.1, -0.05) is 78.7 Å². The van der Waals surface area contributed by atoms with Crippen molar-refractivity contribution in [3.63, 3.8) is 0 Å². The summed E-state index contributed by atoms with van der Waals surface area (Å²) in [6.45, 7) is 19.8. The van der Waals surface area contributed by atoms with Crippen molar-refractivity contribution in [2.24, 2.45) is 17.8 Å². The molecule has 1 aromatic carbocycles. The van der Waals surface area contributed by atoms with Crippen LogP contribution in [0.2, 0.25) is 0 Å². The van der Waals surface area contributed by atoms with Crippen LogP contribution in [0.15, 0.2) is 12.7 Å². The van der Waals surface area contributed by atoms with Crippen LogP contribution in [0.4, 0.5) is 0 Å². The minimum atomic E-state index is -0.0999. The van der Waals surface area contributed by atoms with Gasteiger partial charge >= 0.3 is 0 Å². The SMILES string of the molecule is C=CCc1c(O)c(C)c(C)c2c1CCC(C)(CCCC(C)CCCC(C)CCCC(C)C)O2. The highest BCUT2D eigenvalue weighted by Gasteiger charge is 2.34. The zero-order chi connectivity index (χ0) is 24.6. The Morgan fingerprint density at radius 2 is 1.52 bits per heavy atom. The molecule has 1 aromatic rings. The van der Waals surface area contributed by atoms with Gasteiger partial charge in [0.25, 0.3) is 0 Å². The molecule has 1 N–H and O–H groups in total. The van der Waals surface area contributed by atoms with E-state index in [9.17, 15) is 5.11 Å². The fourth-order valence-electron chi connectivity index (χ4n) is 5.51. The Labute approximate surface area is 205 Å². The summed E-state index contributed by atoms with van der Waals surface area (Å²) in [5, 5.41) is 10.7. The van der Waals surface area contributed by atoms with Crippen molar-refractivity contribution in [2.45, 2.75) is 131 Å². The van der Waals surface area contributed by atoms with E-state index in [1.807, 2.05) is 13.0 Å². The first-order chi connectivity index (χ1) is 15.6. The van der Waals surface area contributed by atoms with Crippen molar-refractivity contribution in [3.8, 4) is 11.5 Å². The first-order valence-electron chi connectivity index (χ1n) is 13.7. The Balaban J connectivity index is 1.81. The topological polar surface area (TPSA) is 29.5 Å². The van der Waals surface area contributed by atoms with Crippen molar-refractivity contribution in [3.05, 3.63) is 34.9 Å². The quantitative estimate of drug-likeness (QED) is 0.283. The van der Waals surface area contributed by atoms with Crippen molar-refractivity contribution >= 4 is 0 Å². The molecule has 188 valence electrons. The molecule has 0 spiro atoms. The molecule has 0 aromatic heterocycles. The molecule has 2 heteroatoms. The monoisotopic (exact) mass is 456 g/mol. The predicted molar refractivity (Wildman–Crippen MR) is 144 cm³/mol. The number of benzene rings is 1. The third-order valence-electron chi connectivity index (χ3n) is 8.06. The fourth-order valence-corrected chi connectivity index (χ4v) is 5.51. The van der Waals surface area contributed by atoms with Gasteiger partial charge in [0.1, 0.15) is 17.1 Å². The highest BCUT2D eigenvalue weighted by atomic mass is 16.5. The molecule has 1 aliphatic heterocycles. The number of phenolic OH excluding ortho intramolecular Hbond substituents is 1. The summed E-state index contributed by atoms with van der Waals surface area (Å²) in [6, 6.07) is 0. The molecule has 3 atom stereocenters. The minimum Gasteiger partial charge on any atom is -0.507 e. The molecule has 2 rings (SSSR count). The lowest BCUT2D eigenvalue weighted by molar-refractivity contribution is 0.0511. The van der Waals surface area contributed by atoms with Crippen LogP contribution in [-0.4, -0.2) is 10.7 Å². The van der Waals surface area contributed by atoms with Crippen LogP contribution in [0.3, 0.4) is 0 Å². The average Bonchev–Trinajstić information content (AvgIpc) is 2.75. The van der Waals surface area contributed by atoms with Gasteiger partial charge in [-0.25, -0.2) is 0 Å². The summed E-state index contributed by atoms with van der Waals surface area (Å²) in [7, 11) is 0. The van der Waals surface area contributed by atoms with Gasteiger partial charge in [0, 0.05) is 11.1 Å². The smallest absolute Gasteiger partial charge is 0.127 e. The predicted octanol–water partition coefficient (Wildman–Crippen LogP) is 9.26. The van der Waals surface area contributed by atoms with Crippen LogP contribution in [-0.2, 0) is 12.8 Å². The maximum absolute atomic E-state index is 10.7. The van der Waals surface area contributed by atoms with Gasteiger partial charge in [0.2, 0.25) is 0 Å². The third kappa shape index (κ3) is 8.08. The molecule has 2 nitrogen and oxygen atoms in total. The Morgan fingerprint density at radius 3 is 2.09 bits per heavy atom. The molecule has 0 amide bonds. The summed E-state index contributed by atoms with van der Waals surface area (Å²) in [5.41, 5.74) is 4.15. The van der Waals surface area contributed by atoms with E-state index in [1.54, 1.807) is 0 Å². The van der Waals surface area contributed by atoms with E-state index >= 15 is 0 Å². The van der Waals surface area contributed by atoms with Gasteiger partial charge in [-0.15, -0.1) is 6.58 Å². The number of rotatable bonds is 14. The number of fused-ring (bicyclic) bond motifs is 1.